The van der Waals surface area contributed by atoms with Gasteiger partial charge in [0, 0.05) is 29.8 Å². The van der Waals surface area contributed by atoms with Gasteiger partial charge in [0.1, 0.15) is 22.9 Å². The normalized spacial score (nSPS) is 20.6. The van der Waals surface area contributed by atoms with Crippen molar-refractivity contribution in [1.82, 2.24) is 14.5 Å². The number of halogens is 3. The first-order valence-corrected chi connectivity index (χ1v) is 14.4. The van der Waals surface area contributed by atoms with Gasteiger partial charge in [0.05, 0.1) is 30.6 Å². The van der Waals surface area contributed by atoms with E-state index >= 15 is 0 Å². The van der Waals surface area contributed by atoms with E-state index in [1.807, 2.05) is 18.3 Å². The van der Waals surface area contributed by atoms with E-state index in [1.54, 1.807) is 16.5 Å². The molecule has 2 atom stereocenters. The number of imidazole rings is 1. The monoisotopic (exact) mass is 594 g/mol. The molecule has 1 aromatic carbocycles. The van der Waals surface area contributed by atoms with E-state index in [0.29, 0.717) is 29.1 Å². The summed E-state index contributed by atoms with van der Waals surface area (Å²) < 4.78 is 57.6. The van der Waals surface area contributed by atoms with Crippen LogP contribution in [0.4, 0.5) is 18.9 Å². The molecule has 1 aliphatic heterocycles. The number of aromatic nitrogens is 3. The molecule has 3 aliphatic rings. The summed E-state index contributed by atoms with van der Waals surface area (Å²) in [7, 11) is 0. The summed E-state index contributed by atoms with van der Waals surface area (Å²) in [6.07, 6.45) is 5.69. The van der Waals surface area contributed by atoms with Gasteiger partial charge in [-0.15, -0.1) is 13.2 Å². The zero-order valence-corrected chi connectivity index (χ0v) is 23.1. The smallest absolute Gasteiger partial charge is 0.477 e. The molecule has 1 N–H and O–H groups in total. The molecule has 0 spiro atoms. The summed E-state index contributed by atoms with van der Waals surface area (Å²) in [5.74, 6) is -0.539. The maximum Gasteiger partial charge on any atom is 0.573 e. The number of aromatic carboxylic acids is 1. The van der Waals surface area contributed by atoms with E-state index in [2.05, 4.69) is 25.9 Å². The molecule has 0 radical (unpaired) electrons. The molecule has 4 aromatic rings. The van der Waals surface area contributed by atoms with E-state index in [4.69, 9.17) is 9.26 Å². The Balaban J connectivity index is 1.14. The Morgan fingerprint density at radius 1 is 1.16 bits per heavy atom. The summed E-state index contributed by atoms with van der Waals surface area (Å²) in [6, 6.07) is 9.76. The highest BCUT2D eigenvalue weighted by Crippen LogP contribution is 2.46. The van der Waals surface area contributed by atoms with Crippen LogP contribution in [0.15, 0.2) is 65.0 Å². The van der Waals surface area contributed by atoms with Crippen molar-refractivity contribution in [3.8, 4) is 17.0 Å². The fourth-order valence-corrected chi connectivity index (χ4v) is 6.26. The number of hydrogen-bond donors (Lipinski definition) is 1. The highest BCUT2D eigenvalue weighted by molar-refractivity contribution is 5.86. The molecule has 7 rings (SSSR count). The van der Waals surface area contributed by atoms with Gasteiger partial charge in [-0.1, -0.05) is 28.9 Å². The third-order valence-electron chi connectivity index (χ3n) is 8.36. The topological polar surface area (TPSA) is 102 Å². The molecule has 224 valence electrons. The van der Waals surface area contributed by atoms with Crippen LogP contribution in [-0.4, -0.2) is 50.7 Å². The number of pyridine rings is 1. The van der Waals surface area contributed by atoms with Gasteiger partial charge in [0.15, 0.2) is 5.69 Å². The molecule has 2 aliphatic carbocycles. The molecule has 2 bridgehead atoms. The molecule has 9 nitrogen and oxygen atoms in total. The van der Waals surface area contributed by atoms with Gasteiger partial charge in [-0.25, -0.2) is 9.78 Å². The number of benzene rings is 1. The lowest BCUT2D eigenvalue weighted by Crippen LogP contribution is -2.39. The summed E-state index contributed by atoms with van der Waals surface area (Å²) in [5, 5.41) is 13.8. The lowest BCUT2D eigenvalue weighted by Gasteiger charge is -2.35. The Labute approximate surface area is 244 Å². The molecule has 1 saturated carbocycles. The van der Waals surface area contributed by atoms with Crippen molar-refractivity contribution in [1.29, 1.82) is 0 Å². The average molecular weight is 595 g/mol. The van der Waals surface area contributed by atoms with Crippen molar-refractivity contribution in [3.63, 3.8) is 0 Å². The van der Waals surface area contributed by atoms with Crippen molar-refractivity contribution >= 4 is 17.3 Å². The van der Waals surface area contributed by atoms with Crippen molar-refractivity contribution in [3.05, 3.63) is 77.5 Å². The summed E-state index contributed by atoms with van der Waals surface area (Å²) >= 11 is 0. The van der Waals surface area contributed by atoms with Crippen LogP contribution in [0.1, 0.15) is 66.3 Å². The average Bonchev–Trinajstić information content (AvgIpc) is 3.62. The van der Waals surface area contributed by atoms with Gasteiger partial charge in [0.2, 0.25) is 0 Å². The minimum absolute atomic E-state index is 0.0382. The molecule has 2 unspecified atom stereocenters. The van der Waals surface area contributed by atoms with Gasteiger partial charge < -0.3 is 24.0 Å². The lowest BCUT2D eigenvalue weighted by molar-refractivity contribution is -0.274. The van der Waals surface area contributed by atoms with Crippen molar-refractivity contribution in [2.24, 2.45) is 0 Å². The SMILES string of the molecule is O=C(O)c1cnc2ccc(N3CCCC4=CC3CC(OCc3c(-c5ccccc5OC(F)(F)F)noc3C3CC3)C4)cn12. The van der Waals surface area contributed by atoms with Crippen LogP contribution < -0.4 is 9.64 Å². The van der Waals surface area contributed by atoms with Crippen LogP contribution in [0.25, 0.3) is 16.9 Å². The number of carboxylic acids is 1. The van der Waals surface area contributed by atoms with Crippen LogP contribution >= 0.6 is 0 Å². The number of carbonyl (C=O) groups is 1. The number of para-hydroxylation sites is 1. The van der Waals surface area contributed by atoms with E-state index in [0.717, 1.165) is 44.3 Å². The second kappa shape index (κ2) is 10.7. The minimum Gasteiger partial charge on any atom is -0.477 e. The molecule has 1 fully saturated rings. The first-order chi connectivity index (χ1) is 20.7. The van der Waals surface area contributed by atoms with E-state index in [-0.39, 0.29) is 41.7 Å². The van der Waals surface area contributed by atoms with Crippen LogP contribution in [-0.2, 0) is 11.3 Å². The van der Waals surface area contributed by atoms with Gasteiger partial charge in [-0.2, -0.15) is 0 Å². The maximum absolute atomic E-state index is 13.2. The predicted molar refractivity (Wildman–Crippen MR) is 149 cm³/mol. The quantitative estimate of drug-likeness (QED) is 0.224. The van der Waals surface area contributed by atoms with E-state index in [9.17, 15) is 23.1 Å². The third kappa shape index (κ3) is 5.58. The van der Waals surface area contributed by atoms with Gasteiger partial charge in [-0.05, 0) is 62.8 Å². The molecular weight excluding hydrogens is 565 g/mol. The van der Waals surface area contributed by atoms with Gasteiger partial charge in [0.25, 0.3) is 0 Å². The number of ether oxygens (including phenoxy) is 2. The number of fused-ring (bicyclic) bond motifs is 2. The third-order valence-corrected chi connectivity index (χ3v) is 8.36. The molecule has 12 heteroatoms. The Morgan fingerprint density at radius 3 is 2.79 bits per heavy atom. The van der Waals surface area contributed by atoms with E-state index < -0.39 is 12.3 Å². The second-order valence-corrected chi connectivity index (χ2v) is 11.3. The van der Waals surface area contributed by atoms with Gasteiger partial charge >= 0.3 is 12.3 Å². The molecule has 3 aromatic heterocycles. The molecule has 4 heterocycles. The molecular formula is C31H29F3N4O5. The lowest BCUT2D eigenvalue weighted by atomic mass is 9.91. The number of nitrogens with zero attached hydrogens (tertiary/aromatic N) is 4. The van der Waals surface area contributed by atoms with Gasteiger partial charge in [-0.3, -0.25) is 4.40 Å². The van der Waals surface area contributed by atoms with Crippen molar-refractivity contribution in [2.45, 2.75) is 69.6 Å². The number of carboxylic acid groups (broad SMARTS) is 1. The number of alkyl halides is 3. The number of rotatable bonds is 8. The Hall–Kier alpha value is -4.32. The first-order valence-electron chi connectivity index (χ1n) is 14.4. The molecule has 43 heavy (non-hydrogen) atoms. The zero-order valence-electron chi connectivity index (χ0n) is 23.1. The maximum atomic E-state index is 13.2. The fraction of sp³-hybridized carbons (Fsp3) is 0.387. The summed E-state index contributed by atoms with van der Waals surface area (Å²) in [4.78, 5) is 18.2. The highest BCUT2D eigenvalue weighted by Gasteiger charge is 2.37. The largest absolute Gasteiger partial charge is 0.573 e. The van der Waals surface area contributed by atoms with Crippen molar-refractivity contribution in [2.75, 3.05) is 11.4 Å². The zero-order chi connectivity index (χ0) is 29.7. The Bertz CT molecular complexity index is 1710. The van der Waals surface area contributed by atoms with E-state index in [1.165, 1.54) is 23.9 Å². The van der Waals surface area contributed by atoms with Crippen LogP contribution in [0.3, 0.4) is 0 Å². The minimum atomic E-state index is -4.84. The predicted octanol–water partition coefficient (Wildman–Crippen LogP) is 6.74. The Kier molecular flexibility index (Phi) is 6.88. The second-order valence-electron chi connectivity index (χ2n) is 11.3. The van der Waals surface area contributed by atoms with Crippen LogP contribution in [0.5, 0.6) is 5.75 Å². The molecule has 0 amide bonds. The first kappa shape index (κ1) is 27.5. The van der Waals surface area contributed by atoms with Crippen LogP contribution in [0.2, 0.25) is 0 Å². The number of hydrogen-bond acceptors (Lipinski definition) is 7. The summed E-state index contributed by atoms with van der Waals surface area (Å²) in [5.41, 5.74) is 4.04. The Morgan fingerprint density at radius 2 is 2.00 bits per heavy atom. The summed E-state index contributed by atoms with van der Waals surface area (Å²) in [6.45, 7) is 0.955. The number of anilines is 1. The standard InChI is InChI=1S/C31H29F3N4O5/c32-31(33,34)42-26-6-2-1-5-23(26)28-24(29(43-36-28)19-7-8-19)17-41-22-13-18-4-3-11-37(21(12-18)14-22)20-9-10-27-35-15-25(30(39)40)38(27)16-20/h1-2,5-6,9-10,12,15-16,19,21-22H,3-4,7-8,11,13-14,17H2,(H,39,40). The highest BCUT2D eigenvalue weighted by atomic mass is 19.4. The fourth-order valence-electron chi connectivity index (χ4n) is 6.26. The van der Waals surface area contributed by atoms with Crippen LogP contribution in [0, 0.1) is 0 Å². The van der Waals surface area contributed by atoms with Crippen molar-refractivity contribution < 1.29 is 37.1 Å². The molecule has 0 saturated heterocycles.